The van der Waals surface area contributed by atoms with E-state index in [1.807, 2.05) is 48.5 Å². The van der Waals surface area contributed by atoms with Crippen LogP contribution in [0, 0.1) is 0 Å². The maximum absolute atomic E-state index is 11.9. The first kappa shape index (κ1) is 11.7. The van der Waals surface area contributed by atoms with Crippen molar-refractivity contribution in [2.45, 2.75) is 5.37 Å². The molecule has 0 saturated carbocycles. The first-order chi connectivity index (χ1) is 8.27. The summed E-state index contributed by atoms with van der Waals surface area (Å²) >= 11 is 4.38. The van der Waals surface area contributed by atoms with Gasteiger partial charge in [0.05, 0.1) is 5.37 Å². The molecule has 0 radical (unpaired) electrons. The van der Waals surface area contributed by atoms with E-state index in [1.165, 1.54) is 0 Å². The molecule has 0 unspecified atom stereocenters. The highest BCUT2D eigenvalue weighted by Gasteiger charge is 2.10. The molecular weight excluding hydrogens is 230 g/mol. The summed E-state index contributed by atoms with van der Waals surface area (Å²) in [5.41, 5.74) is 1.61. The highest BCUT2D eigenvalue weighted by atomic mass is 32.1. The van der Waals surface area contributed by atoms with Gasteiger partial charge in [0.15, 0.2) is 0 Å². The van der Waals surface area contributed by atoms with Gasteiger partial charge >= 0.3 is 0 Å². The predicted octanol–water partition coefficient (Wildman–Crippen LogP) is 3.05. The van der Waals surface area contributed by atoms with Crippen molar-refractivity contribution in [2.75, 3.05) is 0 Å². The molecule has 3 heteroatoms. The van der Waals surface area contributed by atoms with Gasteiger partial charge in [-0.15, -0.1) is 12.6 Å². The Hall–Kier alpha value is -1.74. The SMILES string of the molecule is O=C(N[C@H](S)c1ccccc1)c1ccccc1. The lowest BCUT2D eigenvalue weighted by Gasteiger charge is -2.13. The van der Waals surface area contributed by atoms with Crippen LogP contribution >= 0.6 is 12.6 Å². The van der Waals surface area contributed by atoms with Gasteiger partial charge in [0.25, 0.3) is 5.91 Å². The highest BCUT2D eigenvalue weighted by Crippen LogP contribution is 2.16. The molecule has 2 rings (SSSR count). The Bertz CT molecular complexity index is 484. The molecule has 0 aliphatic carbocycles. The van der Waals surface area contributed by atoms with E-state index in [2.05, 4.69) is 17.9 Å². The zero-order valence-corrected chi connectivity index (χ0v) is 10.1. The molecule has 0 fully saturated rings. The third-order valence-electron chi connectivity index (χ3n) is 2.42. The molecule has 0 saturated heterocycles. The Morgan fingerprint density at radius 3 is 2.06 bits per heavy atom. The molecule has 0 spiro atoms. The van der Waals surface area contributed by atoms with E-state index in [0.29, 0.717) is 5.56 Å². The Morgan fingerprint density at radius 2 is 1.47 bits per heavy atom. The van der Waals surface area contributed by atoms with Gasteiger partial charge < -0.3 is 5.32 Å². The van der Waals surface area contributed by atoms with Crippen molar-refractivity contribution in [1.82, 2.24) is 5.32 Å². The van der Waals surface area contributed by atoms with Crippen LogP contribution in [0.5, 0.6) is 0 Å². The second-order valence-corrected chi connectivity index (χ2v) is 4.17. The molecule has 0 aromatic heterocycles. The minimum Gasteiger partial charge on any atom is -0.336 e. The zero-order valence-electron chi connectivity index (χ0n) is 9.21. The minimum absolute atomic E-state index is 0.116. The normalized spacial score (nSPS) is 11.8. The van der Waals surface area contributed by atoms with Crippen molar-refractivity contribution >= 4 is 18.5 Å². The summed E-state index contributed by atoms with van der Waals surface area (Å²) < 4.78 is 0. The number of hydrogen-bond donors (Lipinski definition) is 2. The fraction of sp³-hybridized carbons (Fsp3) is 0.0714. The number of hydrogen-bond acceptors (Lipinski definition) is 2. The standard InChI is InChI=1S/C14H13NOS/c16-13(11-7-3-1-4-8-11)15-14(17)12-9-5-2-6-10-12/h1-10,14,17H,(H,15,16)/t14-/m1/s1. The van der Waals surface area contributed by atoms with Crippen LogP contribution in [-0.4, -0.2) is 5.91 Å². The van der Waals surface area contributed by atoms with Gasteiger partial charge in [0.1, 0.15) is 0 Å². The van der Waals surface area contributed by atoms with E-state index in [-0.39, 0.29) is 11.3 Å². The van der Waals surface area contributed by atoms with Gasteiger partial charge in [-0.05, 0) is 17.7 Å². The van der Waals surface area contributed by atoms with E-state index in [0.717, 1.165) is 5.56 Å². The number of nitrogens with one attached hydrogen (secondary N) is 1. The molecule has 0 heterocycles. The van der Waals surface area contributed by atoms with Crippen LogP contribution in [-0.2, 0) is 0 Å². The maximum atomic E-state index is 11.9. The van der Waals surface area contributed by atoms with Gasteiger partial charge in [-0.3, -0.25) is 4.79 Å². The molecule has 0 aliphatic rings. The lowest BCUT2D eigenvalue weighted by molar-refractivity contribution is 0.0950. The predicted molar refractivity (Wildman–Crippen MR) is 72.1 cm³/mol. The van der Waals surface area contributed by atoms with Gasteiger partial charge in [-0.25, -0.2) is 0 Å². The second-order valence-electron chi connectivity index (χ2n) is 3.65. The molecule has 0 aliphatic heterocycles. The fourth-order valence-corrected chi connectivity index (χ4v) is 1.81. The van der Waals surface area contributed by atoms with Crippen LogP contribution < -0.4 is 5.32 Å². The third kappa shape index (κ3) is 3.11. The molecule has 1 amide bonds. The quantitative estimate of drug-likeness (QED) is 0.629. The van der Waals surface area contributed by atoms with Crippen molar-refractivity contribution in [2.24, 2.45) is 0 Å². The van der Waals surface area contributed by atoms with E-state index in [4.69, 9.17) is 0 Å². The molecule has 1 N–H and O–H groups in total. The Kier molecular flexibility index (Phi) is 3.83. The van der Waals surface area contributed by atoms with E-state index >= 15 is 0 Å². The van der Waals surface area contributed by atoms with Crippen molar-refractivity contribution < 1.29 is 4.79 Å². The monoisotopic (exact) mass is 243 g/mol. The van der Waals surface area contributed by atoms with Crippen LogP contribution in [0.1, 0.15) is 21.3 Å². The number of rotatable bonds is 3. The van der Waals surface area contributed by atoms with Crippen molar-refractivity contribution in [3.63, 3.8) is 0 Å². The average molecular weight is 243 g/mol. The molecule has 2 aromatic carbocycles. The number of amides is 1. The van der Waals surface area contributed by atoms with E-state index < -0.39 is 0 Å². The lowest BCUT2D eigenvalue weighted by atomic mass is 10.2. The summed E-state index contributed by atoms with van der Waals surface area (Å²) in [7, 11) is 0. The molecule has 86 valence electrons. The number of benzene rings is 2. The van der Waals surface area contributed by atoms with E-state index in [1.54, 1.807) is 12.1 Å². The zero-order chi connectivity index (χ0) is 12.1. The summed E-state index contributed by atoms with van der Waals surface area (Å²) in [6.45, 7) is 0. The summed E-state index contributed by atoms with van der Waals surface area (Å²) in [5.74, 6) is -0.116. The van der Waals surface area contributed by atoms with Gasteiger partial charge in [0, 0.05) is 5.56 Å². The summed E-state index contributed by atoms with van der Waals surface area (Å²) in [5, 5.41) is 2.55. The smallest absolute Gasteiger partial charge is 0.252 e. The Labute approximate surface area is 106 Å². The number of carbonyl (C=O) groups excluding carboxylic acids is 1. The summed E-state index contributed by atoms with van der Waals surface area (Å²) in [6.07, 6.45) is 0. The number of thiol groups is 1. The highest BCUT2D eigenvalue weighted by molar-refractivity contribution is 7.80. The first-order valence-electron chi connectivity index (χ1n) is 5.36. The largest absolute Gasteiger partial charge is 0.336 e. The van der Waals surface area contributed by atoms with Crippen LogP contribution in [0.2, 0.25) is 0 Å². The number of carbonyl (C=O) groups is 1. The van der Waals surface area contributed by atoms with Gasteiger partial charge in [0.2, 0.25) is 0 Å². The molecular formula is C14H13NOS. The molecule has 1 atom stereocenters. The first-order valence-corrected chi connectivity index (χ1v) is 5.88. The molecule has 2 nitrogen and oxygen atoms in total. The van der Waals surface area contributed by atoms with Crippen molar-refractivity contribution in [1.29, 1.82) is 0 Å². The van der Waals surface area contributed by atoms with Crippen LogP contribution in [0.4, 0.5) is 0 Å². The second kappa shape index (κ2) is 5.55. The summed E-state index contributed by atoms with van der Waals surface area (Å²) in [4.78, 5) is 11.9. The van der Waals surface area contributed by atoms with Gasteiger partial charge in [-0.1, -0.05) is 48.5 Å². The van der Waals surface area contributed by atoms with Crippen LogP contribution in [0.3, 0.4) is 0 Å². The molecule has 2 aromatic rings. The topological polar surface area (TPSA) is 29.1 Å². The maximum Gasteiger partial charge on any atom is 0.252 e. The summed E-state index contributed by atoms with van der Waals surface area (Å²) in [6, 6.07) is 18.8. The molecule has 0 bridgehead atoms. The average Bonchev–Trinajstić information content (AvgIpc) is 2.40. The van der Waals surface area contributed by atoms with Crippen molar-refractivity contribution in [3.8, 4) is 0 Å². The third-order valence-corrected chi connectivity index (χ3v) is 2.85. The van der Waals surface area contributed by atoms with Crippen LogP contribution in [0.25, 0.3) is 0 Å². The fourth-order valence-electron chi connectivity index (χ4n) is 1.52. The van der Waals surface area contributed by atoms with E-state index in [9.17, 15) is 4.79 Å². The van der Waals surface area contributed by atoms with Crippen LogP contribution in [0.15, 0.2) is 60.7 Å². The lowest BCUT2D eigenvalue weighted by Crippen LogP contribution is -2.25. The van der Waals surface area contributed by atoms with Crippen molar-refractivity contribution in [3.05, 3.63) is 71.8 Å². The van der Waals surface area contributed by atoms with Gasteiger partial charge in [-0.2, -0.15) is 0 Å². The minimum atomic E-state index is -0.288. The Morgan fingerprint density at radius 1 is 0.941 bits per heavy atom. The Balaban J connectivity index is 2.05. The molecule has 17 heavy (non-hydrogen) atoms.